The smallest absolute Gasteiger partial charge is 0.256 e. The zero-order chi connectivity index (χ0) is 18.0. The number of nitrogens with zero attached hydrogens (tertiary/aromatic N) is 2. The van der Waals surface area contributed by atoms with Crippen LogP contribution in [-0.4, -0.2) is 42.8 Å². The van der Waals surface area contributed by atoms with Crippen LogP contribution in [0.5, 0.6) is 0 Å². The summed E-state index contributed by atoms with van der Waals surface area (Å²) in [6.45, 7) is 1.72. The largest absolute Gasteiger partial charge is 0.332 e. The molecule has 6 nitrogen and oxygen atoms in total. The molecule has 0 atom stereocenters. The van der Waals surface area contributed by atoms with Crippen molar-refractivity contribution in [2.45, 2.75) is 6.92 Å². The van der Waals surface area contributed by atoms with Crippen molar-refractivity contribution in [3.63, 3.8) is 0 Å². The van der Waals surface area contributed by atoms with Gasteiger partial charge in [-0.2, -0.15) is 0 Å². The minimum atomic E-state index is -0.314. The van der Waals surface area contributed by atoms with Crippen molar-refractivity contribution in [1.82, 2.24) is 4.90 Å². The maximum atomic E-state index is 12.5. The van der Waals surface area contributed by atoms with Gasteiger partial charge in [-0.05, 0) is 36.8 Å². The highest BCUT2D eigenvalue weighted by atomic mass is 16.2. The van der Waals surface area contributed by atoms with E-state index in [-0.39, 0.29) is 30.8 Å². The van der Waals surface area contributed by atoms with Gasteiger partial charge in [-0.15, -0.1) is 0 Å². The van der Waals surface area contributed by atoms with Gasteiger partial charge in [-0.3, -0.25) is 14.4 Å². The Morgan fingerprint density at radius 2 is 1.88 bits per heavy atom. The molecule has 1 aliphatic heterocycles. The Kier molecular flexibility index (Phi) is 4.52. The second kappa shape index (κ2) is 6.76. The summed E-state index contributed by atoms with van der Waals surface area (Å²) in [5.74, 6) is -0.837. The van der Waals surface area contributed by atoms with Crippen LogP contribution < -0.4 is 10.2 Å². The number of carbonyl (C=O) groups excluding carboxylic acids is 3. The van der Waals surface area contributed by atoms with E-state index < -0.39 is 0 Å². The summed E-state index contributed by atoms with van der Waals surface area (Å²) in [7, 11) is 1.58. The molecule has 0 fully saturated rings. The lowest BCUT2D eigenvalue weighted by molar-refractivity contribution is -0.121. The van der Waals surface area contributed by atoms with Crippen LogP contribution in [0.1, 0.15) is 15.9 Å². The molecule has 0 spiro atoms. The van der Waals surface area contributed by atoms with Crippen molar-refractivity contribution in [2.24, 2.45) is 0 Å². The van der Waals surface area contributed by atoms with E-state index in [4.69, 9.17) is 0 Å². The summed E-state index contributed by atoms with van der Waals surface area (Å²) in [5, 5.41) is 2.79. The molecule has 2 aromatic carbocycles. The second-order valence-corrected chi connectivity index (χ2v) is 6.08. The minimum absolute atomic E-state index is 0.0642. The molecule has 1 N–H and O–H groups in total. The number of rotatable bonds is 3. The Hall–Kier alpha value is -3.15. The molecule has 1 heterocycles. The summed E-state index contributed by atoms with van der Waals surface area (Å²) >= 11 is 0. The number of para-hydroxylation sites is 1. The third-order valence-electron chi connectivity index (χ3n) is 4.05. The quantitative estimate of drug-likeness (QED) is 0.932. The van der Waals surface area contributed by atoms with E-state index in [0.29, 0.717) is 16.9 Å². The standard InChI is InChI=1S/C19H19N3O3/c1-13-6-5-7-14(10-13)20-17(23)11-22-16-9-4-3-8-15(16)19(25)21(2)12-18(22)24/h3-10H,11-12H2,1-2H3,(H,20,23). The third kappa shape index (κ3) is 3.52. The Morgan fingerprint density at radius 1 is 1.12 bits per heavy atom. The van der Waals surface area contributed by atoms with Crippen molar-refractivity contribution in [3.05, 3.63) is 59.7 Å². The van der Waals surface area contributed by atoms with Crippen molar-refractivity contribution >= 4 is 29.1 Å². The predicted molar refractivity (Wildman–Crippen MR) is 95.6 cm³/mol. The van der Waals surface area contributed by atoms with Crippen LogP contribution in [0.4, 0.5) is 11.4 Å². The van der Waals surface area contributed by atoms with Crippen LogP contribution in [0.25, 0.3) is 0 Å². The van der Waals surface area contributed by atoms with Gasteiger partial charge in [0.15, 0.2) is 0 Å². The third-order valence-corrected chi connectivity index (χ3v) is 4.05. The first-order chi connectivity index (χ1) is 12.0. The normalized spacial score (nSPS) is 14.2. The molecule has 128 valence electrons. The number of likely N-dealkylation sites (N-methyl/N-ethyl adjacent to an activating group) is 1. The van der Waals surface area contributed by atoms with Crippen LogP contribution in [0, 0.1) is 6.92 Å². The first-order valence-electron chi connectivity index (χ1n) is 7.97. The number of nitrogens with one attached hydrogen (secondary N) is 1. The summed E-state index contributed by atoms with van der Waals surface area (Å²) in [5.41, 5.74) is 2.58. The number of anilines is 2. The molecule has 25 heavy (non-hydrogen) atoms. The highest BCUT2D eigenvalue weighted by Crippen LogP contribution is 2.25. The Labute approximate surface area is 146 Å². The average molecular weight is 337 g/mol. The zero-order valence-electron chi connectivity index (χ0n) is 14.2. The average Bonchev–Trinajstić information content (AvgIpc) is 2.66. The van der Waals surface area contributed by atoms with E-state index in [0.717, 1.165) is 5.56 Å². The number of hydrogen-bond acceptors (Lipinski definition) is 3. The fraction of sp³-hybridized carbons (Fsp3) is 0.211. The molecule has 2 aromatic rings. The number of hydrogen-bond donors (Lipinski definition) is 1. The van der Waals surface area contributed by atoms with Crippen LogP contribution in [0.15, 0.2) is 48.5 Å². The predicted octanol–water partition coefficient (Wildman–Crippen LogP) is 2.05. The maximum Gasteiger partial charge on any atom is 0.256 e. The topological polar surface area (TPSA) is 69.7 Å². The Morgan fingerprint density at radius 3 is 2.64 bits per heavy atom. The zero-order valence-corrected chi connectivity index (χ0v) is 14.2. The summed E-state index contributed by atoms with van der Waals surface area (Å²) in [4.78, 5) is 40.1. The van der Waals surface area contributed by atoms with Crippen molar-refractivity contribution < 1.29 is 14.4 Å². The van der Waals surface area contributed by atoms with Gasteiger partial charge in [-0.1, -0.05) is 24.3 Å². The fourth-order valence-electron chi connectivity index (χ4n) is 2.83. The highest BCUT2D eigenvalue weighted by molar-refractivity contribution is 6.12. The maximum absolute atomic E-state index is 12.5. The van der Waals surface area contributed by atoms with E-state index in [1.54, 1.807) is 37.4 Å². The lowest BCUT2D eigenvalue weighted by Gasteiger charge is -2.21. The summed E-state index contributed by atoms with van der Waals surface area (Å²) in [6.07, 6.45) is 0. The van der Waals surface area contributed by atoms with Gasteiger partial charge in [0.1, 0.15) is 13.1 Å². The lowest BCUT2D eigenvalue weighted by Crippen LogP contribution is -2.41. The molecule has 1 aliphatic rings. The van der Waals surface area contributed by atoms with Gasteiger partial charge in [0, 0.05) is 12.7 Å². The number of aryl methyl sites for hydroxylation is 1. The van der Waals surface area contributed by atoms with Gasteiger partial charge < -0.3 is 15.1 Å². The molecule has 6 heteroatoms. The van der Waals surface area contributed by atoms with E-state index in [2.05, 4.69) is 5.32 Å². The van der Waals surface area contributed by atoms with E-state index in [9.17, 15) is 14.4 Å². The van der Waals surface area contributed by atoms with Gasteiger partial charge >= 0.3 is 0 Å². The minimum Gasteiger partial charge on any atom is -0.332 e. The number of carbonyl (C=O) groups is 3. The fourth-order valence-corrected chi connectivity index (χ4v) is 2.83. The highest BCUT2D eigenvalue weighted by Gasteiger charge is 2.30. The van der Waals surface area contributed by atoms with Crippen molar-refractivity contribution in [2.75, 3.05) is 30.4 Å². The summed E-state index contributed by atoms with van der Waals surface area (Å²) in [6, 6.07) is 14.3. The van der Waals surface area contributed by atoms with Gasteiger partial charge in [0.05, 0.1) is 11.3 Å². The Balaban J connectivity index is 1.85. The lowest BCUT2D eigenvalue weighted by atomic mass is 10.1. The van der Waals surface area contributed by atoms with Crippen molar-refractivity contribution in [3.8, 4) is 0 Å². The first-order valence-corrected chi connectivity index (χ1v) is 7.97. The molecule has 0 unspecified atom stereocenters. The second-order valence-electron chi connectivity index (χ2n) is 6.08. The molecule has 0 saturated heterocycles. The molecule has 0 bridgehead atoms. The molecular weight excluding hydrogens is 318 g/mol. The molecular formula is C19H19N3O3. The molecule has 0 radical (unpaired) electrons. The van der Waals surface area contributed by atoms with E-state index in [1.165, 1.54) is 9.80 Å². The molecule has 3 amide bonds. The van der Waals surface area contributed by atoms with Gasteiger partial charge in [0.25, 0.3) is 5.91 Å². The van der Waals surface area contributed by atoms with Crippen molar-refractivity contribution in [1.29, 1.82) is 0 Å². The number of fused-ring (bicyclic) bond motifs is 1. The van der Waals surface area contributed by atoms with Crippen LogP contribution in [0.3, 0.4) is 0 Å². The number of amides is 3. The van der Waals surface area contributed by atoms with Gasteiger partial charge in [0.2, 0.25) is 11.8 Å². The number of benzene rings is 2. The molecule has 3 rings (SSSR count). The molecule has 0 saturated carbocycles. The summed E-state index contributed by atoms with van der Waals surface area (Å²) < 4.78 is 0. The Bertz CT molecular complexity index is 847. The molecule has 0 aromatic heterocycles. The van der Waals surface area contributed by atoms with Crippen LogP contribution in [0.2, 0.25) is 0 Å². The first kappa shape index (κ1) is 16.7. The SMILES string of the molecule is Cc1cccc(NC(=O)CN2C(=O)CN(C)C(=O)c3ccccc32)c1. The molecule has 0 aliphatic carbocycles. The van der Waals surface area contributed by atoms with Crippen LogP contribution >= 0.6 is 0 Å². The van der Waals surface area contributed by atoms with E-state index in [1.807, 2.05) is 25.1 Å². The van der Waals surface area contributed by atoms with Gasteiger partial charge in [-0.25, -0.2) is 0 Å². The monoisotopic (exact) mass is 337 g/mol. The van der Waals surface area contributed by atoms with E-state index >= 15 is 0 Å². The van der Waals surface area contributed by atoms with Crippen LogP contribution in [-0.2, 0) is 9.59 Å².